The zero-order valence-electron chi connectivity index (χ0n) is 19.8. The molecule has 1 saturated heterocycles. The van der Waals surface area contributed by atoms with Crippen LogP contribution in [-0.4, -0.2) is 105 Å². The minimum absolute atomic E-state index is 0.0463. The number of fused-ring (bicyclic) bond motifs is 1. The summed E-state index contributed by atoms with van der Waals surface area (Å²) in [5.41, 5.74) is 0.645. The Balaban J connectivity index is 1.07. The summed E-state index contributed by atoms with van der Waals surface area (Å²) in [4.78, 5) is 57.4. The predicted octanol–water partition coefficient (Wildman–Crippen LogP) is 0.0697. The molecule has 1 aromatic carbocycles. The summed E-state index contributed by atoms with van der Waals surface area (Å²) in [6.45, 7) is 2.27. The molecule has 0 bridgehead atoms. The van der Waals surface area contributed by atoms with Gasteiger partial charge in [0.15, 0.2) is 6.23 Å². The first-order valence-electron chi connectivity index (χ1n) is 11.6. The molecule has 1 N–H and O–H groups in total. The van der Waals surface area contributed by atoms with E-state index in [1.807, 2.05) is 0 Å². The first-order chi connectivity index (χ1) is 17.5. The lowest BCUT2D eigenvalue weighted by Crippen LogP contribution is -2.35. The van der Waals surface area contributed by atoms with Gasteiger partial charge in [-0.25, -0.2) is 4.79 Å². The van der Waals surface area contributed by atoms with E-state index in [0.29, 0.717) is 49.2 Å². The van der Waals surface area contributed by atoms with Crippen molar-refractivity contribution in [2.45, 2.75) is 25.5 Å². The summed E-state index contributed by atoms with van der Waals surface area (Å²) in [6, 6.07) is 6.53. The molecule has 1 aromatic rings. The molecule has 0 radical (unpaired) electrons. The molecule has 13 nitrogen and oxygen atoms in total. The van der Waals surface area contributed by atoms with Crippen LogP contribution in [-0.2, 0) is 38.2 Å². The number of amides is 3. The molecule has 36 heavy (non-hydrogen) atoms. The van der Waals surface area contributed by atoms with Crippen LogP contribution in [0.4, 0.5) is 0 Å². The van der Waals surface area contributed by atoms with Gasteiger partial charge in [0, 0.05) is 12.8 Å². The van der Waals surface area contributed by atoms with E-state index in [1.165, 1.54) is 0 Å². The molecule has 0 saturated carbocycles. The number of aliphatic hydroxyl groups excluding tert-OH is 1. The quantitative estimate of drug-likeness (QED) is 0.224. The standard InChI is InChI=1S/C23H30N2O11/c26-19-5-6-20(27)24(19)36-21(28)7-8-31-9-10-32-11-12-33-13-14-34-15-16-35-25-22(29)17-3-1-2-4-18(17)23(25)30/h1-4,19,26H,5-16H2. The first kappa shape index (κ1) is 27.6. The van der Waals surface area contributed by atoms with Crippen molar-refractivity contribution in [3.8, 4) is 0 Å². The third-order valence-electron chi connectivity index (χ3n) is 5.10. The Morgan fingerprint density at radius 2 is 1.31 bits per heavy atom. The summed E-state index contributed by atoms with van der Waals surface area (Å²) in [5.74, 6) is -2.05. The van der Waals surface area contributed by atoms with Crippen LogP contribution in [0.5, 0.6) is 0 Å². The van der Waals surface area contributed by atoms with E-state index in [9.17, 15) is 24.3 Å². The van der Waals surface area contributed by atoms with Gasteiger partial charge in [0.2, 0.25) is 0 Å². The van der Waals surface area contributed by atoms with Gasteiger partial charge in [0.1, 0.15) is 0 Å². The smallest absolute Gasteiger partial charge is 0.334 e. The van der Waals surface area contributed by atoms with Crippen LogP contribution in [0.2, 0.25) is 0 Å². The monoisotopic (exact) mass is 510 g/mol. The summed E-state index contributed by atoms with van der Waals surface area (Å²) in [7, 11) is 0. The van der Waals surface area contributed by atoms with Gasteiger partial charge in [-0.2, -0.15) is 0 Å². The van der Waals surface area contributed by atoms with Crippen molar-refractivity contribution in [1.82, 2.24) is 10.1 Å². The van der Waals surface area contributed by atoms with Gasteiger partial charge in [0.05, 0.1) is 77.0 Å². The third kappa shape index (κ3) is 8.05. The number of benzene rings is 1. The number of hydrogen-bond donors (Lipinski definition) is 1. The van der Waals surface area contributed by atoms with Crippen LogP contribution >= 0.6 is 0 Å². The maximum absolute atomic E-state index is 12.1. The summed E-state index contributed by atoms with van der Waals surface area (Å²) >= 11 is 0. The Hall–Kier alpha value is -2.94. The molecule has 13 heteroatoms. The average Bonchev–Trinajstić information content (AvgIpc) is 3.32. The maximum atomic E-state index is 12.1. The highest BCUT2D eigenvalue weighted by molar-refractivity contribution is 6.20. The third-order valence-corrected chi connectivity index (χ3v) is 5.10. The Morgan fingerprint density at radius 3 is 1.81 bits per heavy atom. The Bertz CT molecular complexity index is 875. The van der Waals surface area contributed by atoms with Gasteiger partial charge in [-0.05, 0) is 12.1 Å². The lowest BCUT2D eigenvalue weighted by Gasteiger charge is -2.18. The molecule has 1 atom stereocenters. The van der Waals surface area contributed by atoms with Crippen molar-refractivity contribution in [3.05, 3.63) is 35.4 Å². The molecular weight excluding hydrogens is 480 g/mol. The van der Waals surface area contributed by atoms with Crippen LogP contribution in [0.1, 0.15) is 40.0 Å². The average molecular weight is 510 g/mol. The number of hydrogen-bond acceptors (Lipinski definition) is 11. The van der Waals surface area contributed by atoms with Crippen molar-refractivity contribution in [3.63, 3.8) is 0 Å². The van der Waals surface area contributed by atoms with Crippen LogP contribution < -0.4 is 0 Å². The number of carbonyl (C=O) groups excluding carboxylic acids is 4. The van der Waals surface area contributed by atoms with Gasteiger partial charge in [-0.15, -0.1) is 10.1 Å². The highest BCUT2D eigenvalue weighted by Gasteiger charge is 2.36. The fraction of sp³-hybridized carbons (Fsp3) is 0.565. The molecule has 2 aliphatic heterocycles. The van der Waals surface area contributed by atoms with Crippen molar-refractivity contribution >= 4 is 23.7 Å². The maximum Gasteiger partial charge on any atom is 0.334 e. The van der Waals surface area contributed by atoms with Crippen molar-refractivity contribution in [2.24, 2.45) is 0 Å². The van der Waals surface area contributed by atoms with Crippen molar-refractivity contribution < 1.29 is 52.9 Å². The second kappa shape index (κ2) is 14.6. The Morgan fingerprint density at radius 1 is 0.806 bits per heavy atom. The molecule has 3 amide bonds. The molecule has 1 fully saturated rings. The SMILES string of the molecule is O=C(CCOCCOCCOCCOCCON1C(=O)c2ccccc2C1=O)ON1C(=O)CCC1O. The van der Waals surface area contributed by atoms with Crippen LogP contribution in [0, 0.1) is 0 Å². The summed E-state index contributed by atoms with van der Waals surface area (Å²) in [5, 5.41) is 11.0. The van der Waals surface area contributed by atoms with Crippen molar-refractivity contribution in [2.75, 3.05) is 59.5 Å². The van der Waals surface area contributed by atoms with E-state index >= 15 is 0 Å². The lowest BCUT2D eigenvalue weighted by molar-refractivity contribution is -0.221. The van der Waals surface area contributed by atoms with E-state index in [0.717, 1.165) is 5.06 Å². The molecule has 0 aliphatic carbocycles. The van der Waals surface area contributed by atoms with E-state index in [1.54, 1.807) is 24.3 Å². The summed E-state index contributed by atoms with van der Waals surface area (Å²) < 4.78 is 21.3. The second-order valence-corrected chi connectivity index (χ2v) is 7.69. The highest BCUT2D eigenvalue weighted by Crippen LogP contribution is 2.22. The fourth-order valence-corrected chi connectivity index (χ4v) is 3.30. The second-order valence-electron chi connectivity index (χ2n) is 7.69. The van der Waals surface area contributed by atoms with Gasteiger partial charge >= 0.3 is 5.97 Å². The molecule has 198 valence electrons. The Kier molecular flexibility index (Phi) is 11.2. The number of imide groups is 1. The summed E-state index contributed by atoms with van der Waals surface area (Å²) in [6.07, 6.45) is -0.748. The van der Waals surface area contributed by atoms with E-state index in [-0.39, 0.29) is 45.7 Å². The van der Waals surface area contributed by atoms with Crippen LogP contribution in [0.25, 0.3) is 0 Å². The van der Waals surface area contributed by atoms with Crippen LogP contribution in [0.15, 0.2) is 24.3 Å². The van der Waals surface area contributed by atoms with Gasteiger partial charge < -0.3 is 28.9 Å². The van der Waals surface area contributed by atoms with Gasteiger partial charge in [-0.1, -0.05) is 12.1 Å². The predicted molar refractivity (Wildman–Crippen MR) is 119 cm³/mol. The number of ether oxygens (including phenoxy) is 4. The lowest BCUT2D eigenvalue weighted by atomic mass is 10.1. The molecule has 0 spiro atoms. The number of rotatable bonds is 17. The van der Waals surface area contributed by atoms with E-state index in [4.69, 9.17) is 28.6 Å². The Labute approximate surface area is 207 Å². The zero-order valence-corrected chi connectivity index (χ0v) is 19.8. The normalized spacial score (nSPS) is 17.2. The first-order valence-corrected chi connectivity index (χ1v) is 11.6. The number of aliphatic hydroxyl groups is 1. The molecule has 2 heterocycles. The molecule has 1 unspecified atom stereocenters. The van der Waals surface area contributed by atoms with Crippen molar-refractivity contribution in [1.29, 1.82) is 0 Å². The van der Waals surface area contributed by atoms with E-state index < -0.39 is 29.9 Å². The molecule has 3 rings (SSSR count). The highest BCUT2D eigenvalue weighted by atomic mass is 16.7. The van der Waals surface area contributed by atoms with E-state index in [2.05, 4.69) is 0 Å². The molecular formula is C23H30N2O11. The minimum atomic E-state index is -1.09. The number of nitrogens with zero attached hydrogens (tertiary/aromatic N) is 2. The largest absolute Gasteiger partial charge is 0.378 e. The number of hydroxylamine groups is 4. The zero-order chi connectivity index (χ0) is 25.8. The van der Waals surface area contributed by atoms with Crippen LogP contribution in [0.3, 0.4) is 0 Å². The minimum Gasteiger partial charge on any atom is -0.378 e. The van der Waals surface area contributed by atoms with Gasteiger partial charge in [-0.3, -0.25) is 19.2 Å². The van der Waals surface area contributed by atoms with Gasteiger partial charge in [0.25, 0.3) is 17.7 Å². The fourth-order valence-electron chi connectivity index (χ4n) is 3.30. The number of carbonyl (C=O) groups is 4. The molecule has 2 aliphatic rings. The molecule has 0 aromatic heterocycles. The topological polar surface area (TPSA) is 150 Å².